The minimum Gasteiger partial charge on any atom is -0.454 e. The van der Waals surface area contributed by atoms with Crippen molar-refractivity contribution in [2.45, 2.75) is 20.8 Å². The van der Waals surface area contributed by atoms with Crippen molar-refractivity contribution in [2.75, 3.05) is 19.8 Å². The van der Waals surface area contributed by atoms with Crippen molar-refractivity contribution in [3.63, 3.8) is 0 Å². The molecule has 0 N–H and O–H groups in total. The zero-order valence-corrected chi connectivity index (χ0v) is 9.24. The van der Waals surface area contributed by atoms with Crippen LogP contribution in [-0.4, -0.2) is 35.3 Å². The lowest BCUT2D eigenvalue weighted by Crippen LogP contribution is -2.49. The topological polar surface area (TPSA) is 54.0 Å². The average Bonchev–Trinajstić information content (AvgIpc) is 2.06. The number of carbonyl (C=O) groups excluding carboxylic acids is 1. The molecular weight excluding hydrogens is 192 g/mol. The molecule has 0 saturated heterocycles. The maximum absolute atomic E-state index is 10.2. The Balaban J connectivity index is 4.27. The highest BCUT2D eigenvalue weighted by atomic mass is 28.4. The molecule has 78 valence electrons. The van der Waals surface area contributed by atoms with Crippen molar-refractivity contribution >= 4 is 15.5 Å². The van der Waals surface area contributed by atoms with Crippen molar-refractivity contribution < 1.29 is 22.5 Å². The Labute approximate surface area is 79.4 Å². The van der Waals surface area contributed by atoms with Crippen molar-refractivity contribution in [1.29, 1.82) is 0 Å². The first-order valence-corrected chi connectivity index (χ1v) is 5.91. The van der Waals surface area contributed by atoms with Gasteiger partial charge in [-0.1, -0.05) is 0 Å². The molecule has 5 nitrogen and oxygen atoms in total. The lowest BCUT2D eigenvalue weighted by Gasteiger charge is -2.23. The van der Waals surface area contributed by atoms with E-state index in [1.165, 1.54) is 0 Å². The van der Waals surface area contributed by atoms with E-state index in [2.05, 4.69) is 0 Å². The standard InChI is InChI=1S/C7H16O5Si/c1-4-9-13(10-5-2,11-6-3)12-7-8/h7H,4-6H2,1-3H3. The predicted molar refractivity (Wildman–Crippen MR) is 47.8 cm³/mol. The molecule has 0 aromatic carbocycles. The Morgan fingerprint density at radius 3 is 1.62 bits per heavy atom. The van der Waals surface area contributed by atoms with Gasteiger partial charge in [0.15, 0.2) is 0 Å². The number of hydrogen-bond acceptors (Lipinski definition) is 5. The zero-order chi connectivity index (χ0) is 10.2. The van der Waals surface area contributed by atoms with Gasteiger partial charge in [0.25, 0.3) is 6.47 Å². The van der Waals surface area contributed by atoms with E-state index in [0.717, 1.165) is 0 Å². The van der Waals surface area contributed by atoms with Gasteiger partial charge in [0.2, 0.25) is 0 Å². The van der Waals surface area contributed by atoms with Crippen molar-refractivity contribution in [3.05, 3.63) is 0 Å². The molecule has 0 aliphatic heterocycles. The molecule has 13 heavy (non-hydrogen) atoms. The van der Waals surface area contributed by atoms with Gasteiger partial charge in [-0.05, 0) is 20.8 Å². The quantitative estimate of drug-likeness (QED) is 0.434. The van der Waals surface area contributed by atoms with Gasteiger partial charge in [-0.15, -0.1) is 0 Å². The molecule has 0 spiro atoms. The fraction of sp³-hybridized carbons (Fsp3) is 0.857. The van der Waals surface area contributed by atoms with Crippen molar-refractivity contribution in [2.24, 2.45) is 0 Å². The third-order valence-electron chi connectivity index (χ3n) is 1.16. The molecule has 0 unspecified atom stereocenters. The molecule has 0 radical (unpaired) electrons. The van der Waals surface area contributed by atoms with E-state index in [9.17, 15) is 4.79 Å². The second kappa shape index (κ2) is 7.02. The highest BCUT2D eigenvalue weighted by molar-refractivity contribution is 6.54. The molecule has 0 rings (SSSR count). The smallest absolute Gasteiger partial charge is 0.454 e. The molecule has 0 aromatic heterocycles. The Bertz CT molecular complexity index is 124. The van der Waals surface area contributed by atoms with E-state index >= 15 is 0 Å². The average molecular weight is 208 g/mol. The molecule has 0 bridgehead atoms. The van der Waals surface area contributed by atoms with Gasteiger partial charge in [-0.2, -0.15) is 0 Å². The van der Waals surface area contributed by atoms with Crippen LogP contribution in [0.1, 0.15) is 20.8 Å². The van der Waals surface area contributed by atoms with Crippen LogP contribution in [0.3, 0.4) is 0 Å². The molecule has 0 atom stereocenters. The van der Waals surface area contributed by atoms with E-state index in [-0.39, 0.29) is 0 Å². The SMILES string of the molecule is CCO[Si](OC=O)(OCC)OCC. The van der Waals surface area contributed by atoms with Crippen molar-refractivity contribution in [3.8, 4) is 0 Å². The lowest BCUT2D eigenvalue weighted by atomic mass is 10.9. The molecule has 0 heterocycles. The number of carbonyl (C=O) groups is 1. The number of hydrogen-bond donors (Lipinski definition) is 0. The Kier molecular flexibility index (Phi) is 6.78. The van der Waals surface area contributed by atoms with Gasteiger partial charge >= 0.3 is 9.05 Å². The van der Waals surface area contributed by atoms with E-state index in [1.807, 2.05) is 0 Å². The number of rotatable bonds is 8. The van der Waals surface area contributed by atoms with Gasteiger partial charge in [0.05, 0.1) is 0 Å². The van der Waals surface area contributed by atoms with Gasteiger partial charge in [-0.25, -0.2) is 0 Å². The third-order valence-corrected chi connectivity index (χ3v) is 3.47. The summed E-state index contributed by atoms with van der Waals surface area (Å²) in [5.74, 6) is 0. The minimum atomic E-state index is -3.16. The second-order valence-corrected chi connectivity index (χ2v) is 4.11. The van der Waals surface area contributed by atoms with Gasteiger partial charge in [-0.3, -0.25) is 4.79 Å². The molecule has 0 fully saturated rings. The summed E-state index contributed by atoms with van der Waals surface area (Å²) in [5.41, 5.74) is 0. The summed E-state index contributed by atoms with van der Waals surface area (Å²) in [6.45, 7) is 6.82. The van der Waals surface area contributed by atoms with Crippen LogP contribution in [0.25, 0.3) is 0 Å². The maximum atomic E-state index is 10.2. The van der Waals surface area contributed by atoms with Crippen molar-refractivity contribution in [1.82, 2.24) is 0 Å². The Morgan fingerprint density at radius 1 is 1.00 bits per heavy atom. The van der Waals surface area contributed by atoms with Gasteiger partial charge < -0.3 is 17.7 Å². The van der Waals surface area contributed by atoms with E-state index in [4.69, 9.17) is 17.7 Å². The predicted octanol–water partition coefficient (Wildman–Crippen LogP) is 0.704. The molecular formula is C7H16O5Si. The lowest BCUT2D eigenvalue weighted by molar-refractivity contribution is -0.130. The fourth-order valence-corrected chi connectivity index (χ4v) is 2.45. The first-order valence-electron chi connectivity index (χ1n) is 4.28. The molecule has 0 aliphatic rings. The van der Waals surface area contributed by atoms with E-state index in [1.54, 1.807) is 20.8 Å². The van der Waals surface area contributed by atoms with Crippen LogP contribution in [0.15, 0.2) is 0 Å². The van der Waals surface area contributed by atoms with Crippen LogP contribution < -0.4 is 0 Å². The first kappa shape index (κ1) is 12.6. The Hall–Kier alpha value is -0.433. The monoisotopic (exact) mass is 208 g/mol. The van der Waals surface area contributed by atoms with Crippen LogP contribution in [0.2, 0.25) is 0 Å². The summed E-state index contributed by atoms with van der Waals surface area (Å²) in [6.07, 6.45) is 0. The molecule has 0 aliphatic carbocycles. The molecule has 0 saturated carbocycles. The van der Waals surface area contributed by atoms with E-state index < -0.39 is 9.05 Å². The largest absolute Gasteiger partial charge is 0.751 e. The molecule has 0 amide bonds. The summed E-state index contributed by atoms with van der Waals surface area (Å²) in [6, 6.07) is 0. The second-order valence-electron chi connectivity index (χ2n) is 2.01. The van der Waals surface area contributed by atoms with Crippen LogP contribution in [0.5, 0.6) is 0 Å². The normalized spacial score (nSPS) is 11.3. The summed E-state index contributed by atoms with van der Waals surface area (Å²) in [5, 5.41) is 0. The van der Waals surface area contributed by atoms with Gasteiger partial charge in [0, 0.05) is 19.8 Å². The highest BCUT2D eigenvalue weighted by Crippen LogP contribution is 2.10. The third kappa shape index (κ3) is 4.37. The van der Waals surface area contributed by atoms with Gasteiger partial charge in [0.1, 0.15) is 0 Å². The minimum absolute atomic E-state index is 0.299. The summed E-state index contributed by atoms with van der Waals surface area (Å²) in [4.78, 5) is 10.2. The zero-order valence-electron chi connectivity index (χ0n) is 8.24. The summed E-state index contributed by atoms with van der Waals surface area (Å²) < 4.78 is 20.3. The van der Waals surface area contributed by atoms with Crippen LogP contribution >= 0.6 is 0 Å². The highest BCUT2D eigenvalue weighted by Gasteiger charge is 2.47. The molecule has 0 aromatic rings. The fourth-order valence-electron chi connectivity index (χ4n) is 0.816. The van der Waals surface area contributed by atoms with Crippen LogP contribution in [-0.2, 0) is 22.5 Å². The van der Waals surface area contributed by atoms with E-state index in [0.29, 0.717) is 26.3 Å². The summed E-state index contributed by atoms with van der Waals surface area (Å²) in [7, 11) is -3.16. The van der Waals surface area contributed by atoms with Crippen LogP contribution in [0, 0.1) is 0 Å². The molecule has 6 heteroatoms. The Morgan fingerprint density at radius 2 is 1.38 bits per heavy atom. The first-order chi connectivity index (χ1) is 6.24. The summed E-state index contributed by atoms with van der Waals surface area (Å²) >= 11 is 0. The maximum Gasteiger partial charge on any atom is 0.751 e. The van der Waals surface area contributed by atoms with Crippen LogP contribution in [0.4, 0.5) is 0 Å².